The maximum atomic E-state index is 12.4. The summed E-state index contributed by atoms with van der Waals surface area (Å²) in [6.07, 6.45) is -4.41. The molecule has 0 aliphatic heterocycles. The minimum Gasteiger partial charge on any atom is -0.484 e. The molecule has 0 spiro atoms. The zero-order chi connectivity index (χ0) is 15.8. The summed E-state index contributed by atoms with van der Waals surface area (Å²) in [4.78, 5) is 15.5. The van der Waals surface area contributed by atoms with E-state index in [-0.39, 0.29) is 17.1 Å². The van der Waals surface area contributed by atoms with E-state index in [9.17, 15) is 18.0 Å². The second-order valence-electron chi connectivity index (χ2n) is 5.26. The average Bonchev–Trinajstić information content (AvgIpc) is 2.35. The van der Waals surface area contributed by atoms with Gasteiger partial charge in [0.1, 0.15) is 5.75 Å². The molecular formula is C15H16F3NO2. The molecule has 0 radical (unpaired) electrons. The molecule has 1 aromatic heterocycles. The molecule has 1 heterocycles. The maximum Gasteiger partial charge on any atom is 0.422 e. The van der Waals surface area contributed by atoms with Gasteiger partial charge in [-0.05, 0) is 31.0 Å². The van der Waals surface area contributed by atoms with Crippen molar-refractivity contribution in [2.45, 2.75) is 32.9 Å². The van der Waals surface area contributed by atoms with Crippen molar-refractivity contribution in [2.75, 3.05) is 6.61 Å². The summed E-state index contributed by atoms with van der Waals surface area (Å²) in [6.45, 7) is 4.23. The molecule has 114 valence electrons. The standard InChI is InChI=1S/C15H16F3NO2/c1-8(2)13-9(3)19-12-5-4-10(6-11(12)14(13)20)21-7-15(16,17)18/h4-6,8H,7H2,1-3H3,(H,19,20). The number of pyridine rings is 1. The van der Waals surface area contributed by atoms with Gasteiger partial charge in [0.25, 0.3) is 0 Å². The molecule has 0 unspecified atom stereocenters. The van der Waals surface area contributed by atoms with Crippen LogP contribution in [-0.2, 0) is 0 Å². The molecule has 0 amide bonds. The van der Waals surface area contributed by atoms with E-state index in [0.29, 0.717) is 16.5 Å². The Labute approximate surface area is 119 Å². The lowest BCUT2D eigenvalue weighted by molar-refractivity contribution is -0.153. The summed E-state index contributed by atoms with van der Waals surface area (Å²) >= 11 is 0. The zero-order valence-corrected chi connectivity index (χ0v) is 12.0. The summed E-state index contributed by atoms with van der Waals surface area (Å²) in [7, 11) is 0. The summed E-state index contributed by atoms with van der Waals surface area (Å²) in [5.41, 5.74) is 1.82. The number of ether oxygens (including phenoxy) is 1. The lowest BCUT2D eigenvalue weighted by Gasteiger charge is -2.13. The number of aryl methyl sites for hydroxylation is 1. The molecule has 21 heavy (non-hydrogen) atoms. The minimum atomic E-state index is -4.41. The molecule has 1 N–H and O–H groups in total. The molecular weight excluding hydrogens is 283 g/mol. The van der Waals surface area contributed by atoms with Crippen LogP contribution in [0.5, 0.6) is 5.75 Å². The van der Waals surface area contributed by atoms with E-state index in [1.807, 2.05) is 20.8 Å². The Balaban J connectivity index is 2.49. The van der Waals surface area contributed by atoms with Crippen molar-refractivity contribution in [3.63, 3.8) is 0 Å². The SMILES string of the molecule is Cc1[nH]c2ccc(OCC(F)(F)F)cc2c(=O)c1C(C)C. The number of hydrogen-bond donors (Lipinski definition) is 1. The number of aromatic amines is 1. The zero-order valence-electron chi connectivity index (χ0n) is 12.0. The van der Waals surface area contributed by atoms with Crippen LogP contribution in [0.4, 0.5) is 13.2 Å². The van der Waals surface area contributed by atoms with Gasteiger partial charge in [-0.2, -0.15) is 13.2 Å². The van der Waals surface area contributed by atoms with E-state index in [0.717, 1.165) is 5.69 Å². The molecule has 2 rings (SSSR count). The van der Waals surface area contributed by atoms with E-state index in [2.05, 4.69) is 9.72 Å². The number of H-pyrrole nitrogens is 1. The highest BCUT2D eigenvalue weighted by Crippen LogP contribution is 2.23. The van der Waals surface area contributed by atoms with E-state index in [1.165, 1.54) is 12.1 Å². The third-order valence-corrected chi connectivity index (χ3v) is 3.19. The lowest BCUT2D eigenvalue weighted by atomic mass is 9.99. The molecule has 0 aliphatic carbocycles. The highest BCUT2D eigenvalue weighted by molar-refractivity contribution is 5.81. The first kappa shape index (κ1) is 15.4. The highest BCUT2D eigenvalue weighted by Gasteiger charge is 2.28. The molecule has 3 nitrogen and oxygen atoms in total. The second kappa shape index (κ2) is 5.42. The fraction of sp³-hybridized carbons (Fsp3) is 0.400. The number of hydrogen-bond acceptors (Lipinski definition) is 2. The van der Waals surface area contributed by atoms with Gasteiger partial charge < -0.3 is 9.72 Å². The van der Waals surface area contributed by atoms with Gasteiger partial charge in [0.15, 0.2) is 12.0 Å². The number of alkyl halides is 3. The topological polar surface area (TPSA) is 42.1 Å². The number of fused-ring (bicyclic) bond motifs is 1. The molecule has 1 aromatic carbocycles. The van der Waals surface area contributed by atoms with Crippen LogP contribution in [0.3, 0.4) is 0 Å². The Morgan fingerprint density at radius 3 is 2.52 bits per heavy atom. The van der Waals surface area contributed by atoms with Crippen LogP contribution in [0.25, 0.3) is 10.9 Å². The van der Waals surface area contributed by atoms with E-state index in [4.69, 9.17) is 0 Å². The first-order valence-electron chi connectivity index (χ1n) is 6.55. The number of benzene rings is 1. The van der Waals surface area contributed by atoms with Crippen molar-refractivity contribution >= 4 is 10.9 Å². The van der Waals surface area contributed by atoms with Crippen LogP contribution < -0.4 is 10.2 Å². The van der Waals surface area contributed by atoms with Crippen LogP contribution in [0.1, 0.15) is 31.0 Å². The van der Waals surface area contributed by atoms with E-state index >= 15 is 0 Å². The van der Waals surface area contributed by atoms with Gasteiger partial charge in [0.05, 0.1) is 0 Å². The maximum absolute atomic E-state index is 12.4. The number of nitrogens with one attached hydrogen (secondary N) is 1. The van der Waals surface area contributed by atoms with Gasteiger partial charge in [-0.25, -0.2) is 0 Å². The van der Waals surface area contributed by atoms with Crippen molar-refractivity contribution in [1.82, 2.24) is 4.98 Å². The molecule has 0 saturated heterocycles. The van der Waals surface area contributed by atoms with Crippen molar-refractivity contribution in [3.05, 3.63) is 39.7 Å². The normalized spacial score (nSPS) is 12.1. The number of halogens is 3. The molecule has 0 atom stereocenters. The molecule has 6 heteroatoms. The second-order valence-corrected chi connectivity index (χ2v) is 5.26. The first-order valence-corrected chi connectivity index (χ1v) is 6.55. The van der Waals surface area contributed by atoms with Gasteiger partial charge in [-0.15, -0.1) is 0 Å². The predicted octanol–water partition coefficient (Wildman–Crippen LogP) is 3.90. The van der Waals surface area contributed by atoms with Gasteiger partial charge in [-0.3, -0.25) is 4.79 Å². The van der Waals surface area contributed by atoms with Crippen molar-refractivity contribution < 1.29 is 17.9 Å². The van der Waals surface area contributed by atoms with E-state index in [1.54, 1.807) is 6.07 Å². The lowest BCUT2D eigenvalue weighted by Crippen LogP contribution is -2.19. The third-order valence-electron chi connectivity index (χ3n) is 3.19. The smallest absolute Gasteiger partial charge is 0.422 e. The van der Waals surface area contributed by atoms with Crippen LogP contribution in [0.2, 0.25) is 0 Å². The summed E-state index contributed by atoms with van der Waals surface area (Å²) < 4.78 is 41.2. The van der Waals surface area contributed by atoms with Crippen molar-refractivity contribution in [2.24, 2.45) is 0 Å². The third kappa shape index (κ3) is 3.37. The molecule has 0 fully saturated rings. The fourth-order valence-corrected chi connectivity index (χ4v) is 2.36. The monoisotopic (exact) mass is 299 g/mol. The van der Waals surface area contributed by atoms with Crippen molar-refractivity contribution in [1.29, 1.82) is 0 Å². The summed E-state index contributed by atoms with van der Waals surface area (Å²) in [6, 6.07) is 4.32. The van der Waals surface area contributed by atoms with Crippen LogP contribution in [0, 0.1) is 6.92 Å². The Morgan fingerprint density at radius 2 is 1.95 bits per heavy atom. The van der Waals surface area contributed by atoms with E-state index < -0.39 is 12.8 Å². The van der Waals surface area contributed by atoms with Crippen LogP contribution in [0.15, 0.2) is 23.0 Å². The first-order chi connectivity index (χ1) is 9.69. The molecule has 2 aromatic rings. The van der Waals surface area contributed by atoms with Crippen LogP contribution in [-0.4, -0.2) is 17.8 Å². The number of rotatable bonds is 3. The molecule has 0 bridgehead atoms. The highest BCUT2D eigenvalue weighted by atomic mass is 19.4. The quantitative estimate of drug-likeness (QED) is 0.934. The largest absolute Gasteiger partial charge is 0.484 e. The van der Waals surface area contributed by atoms with Gasteiger partial charge in [-0.1, -0.05) is 13.8 Å². The average molecular weight is 299 g/mol. The minimum absolute atomic E-state index is 0.0258. The molecule has 0 aliphatic rings. The van der Waals surface area contributed by atoms with Gasteiger partial charge >= 0.3 is 6.18 Å². The van der Waals surface area contributed by atoms with Crippen LogP contribution >= 0.6 is 0 Å². The summed E-state index contributed by atoms with van der Waals surface area (Å²) in [5, 5.41) is 0.337. The fourth-order valence-electron chi connectivity index (χ4n) is 2.36. The van der Waals surface area contributed by atoms with Gasteiger partial charge in [0.2, 0.25) is 0 Å². The Bertz CT molecular complexity index is 717. The summed E-state index contributed by atoms with van der Waals surface area (Å²) in [5.74, 6) is 0.0572. The molecule has 0 saturated carbocycles. The Kier molecular flexibility index (Phi) is 3.98. The predicted molar refractivity (Wildman–Crippen MR) is 74.9 cm³/mol. The van der Waals surface area contributed by atoms with Crippen molar-refractivity contribution in [3.8, 4) is 5.75 Å². The van der Waals surface area contributed by atoms with Gasteiger partial charge in [0, 0.05) is 22.2 Å². The Morgan fingerprint density at radius 1 is 1.29 bits per heavy atom. The Hall–Kier alpha value is -1.98. The number of aromatic nitrogens is 1.